The molecule has 0 aliphatic carbocycles. The fourth-order valence-corrected chi connectivity index (χ4v) is 4.83. The third-order valence-electron chi connectivity index (χ3n) is 4.07. The lowest BCUT2D eigenvalue weighted by atomic mass is 10.0. The van der Waals surface area contributed by atoms with Crippen LogP contribution in [0, 0.1) is 13.8 Å². The Balaban J connectivity index is 2.13. The van der Waals surface area contributed by atoms with Crippen LogP contribution in [-0.4, -0.2) is 34.5 Å². The molecular weight excluding hydrogens is 282 g/mol. The van der Waals surface area contributed by atoms with Gasteiger partial charge in [0, 0.05) is 29.2 Å². The Morgan fingerprint density at radius 3 is 2.52 bits per heavy atom. The van der Waals surface area contributed by atoms with Crippen molar-refractivity contribution in [1.29, 1.82) is 0 Å². The molecule has 21 heavy (non-hydrogen) atoms. The van der Waals surface area contributed by atoms with Crippen LogP contribution in [0.1, 0.15) is 43.0 Å². The Morgan fingerprint density at radius 2 is 2.00 bits per heavy atom. The van der Waals surface area contributed by atoms with Gasteiger partial charge in [0.25, 0.3) is 0 Å². The summed E-state index contributed by atoms with van der Waals surface area (Å²) in [6.45, 7) is 9.99. The Labute approximate surface area is 130 Å². The molecule has 4 atom stereocenters. The smallest absolute Gasteiger partial charge is 0.0691 e. The van der Waals surface area contributed by atoms with Crippen LogP contribution in [0.3, 0.4) is 0 Å². The Morgan fingerprint density at radius 1 is 1.33 bits per heavy atom. The van der Waals surface area contributed by atoms with Gasteiger partial charge in [-0.15, -0.1) is 0 Å². The van der Waals surface area contributed by atoms with E-state index in [2.05, 4.69) is 44.3 Å². The second-order valence-electron chi connectivity index (χ2n) is 5.98. The van der Waals surface area contributed by atoms with Crippen molar-refractivity contribution in [3.05, 3.63) is 34.9 Å². The number of benzene rings is 1. The Kier molecular flexibility index (Phi) is 5.97. The second-order valence-corrected chi connectivity index (χ2v) is 7.68. The number of hydrogen-bond acceptors (Lipinski definition) is 3. The molecule has 3 nitrogen and oxygen atoms in total. The zero-order valence-corrected chi connectivity index (χ0v) is 14.3. The maximum atomic E-state index is 12.7. The van der Waals surface area contributed by atoms with Crippen LogP contribution in [0.4, 0.5) is 0 Å². The first kappa shape index (κ1) is 16.7. The lowest BCUT2D eigenvalue weighted by molar-refractivity contribution is 0.127. The maximum Gasteiger partial charge on any atom is 0.0691 e. The van der Waals surface area contributed by atoms with E-state index in [9.17, 15) is 4.21 Å². The molecule has 2 rings (SSSR count). The van der Waals surface area contributed by atoms with E-state index < -0.39 is 10.8 Å². The van der Waals surface area contributed by atoms with E-state index in [0.717, 1.165) is 19.6 Å². The minimum Gasteiger partial charge on any atom is -0.377 e. The van der Waals surface area contributed by atoms with Gasteiger partial charge in [0.2, 0.25) is 0 Å². The van der Waals surface area contributed by atoms with Crippen LogP contribution in [0.5, 0.6) is 0 Å². The van der Waals surface area contributed by atoms with Gasteiger partial charge >= 0.3 is 0 Å². The lowest BCUT2D eigenvalue weighted by Crippen LogP contribution is -2.32. The predicted octanol–water partition coefficient (Wildman–Crippen LogP) is 2.88. The first-order chi connectivity index (χ1) is 10.0. The van der Waals surface area contributed by atoms with Gasteiger partial charge in [-0.2, -0.15) is 0 Å². The predicted molar refractivity (Wildman–Crippen MR) is 89.2 cm³/mol. The third-order valence-corrected chi connectivity index (χ3v) is 6.03. The van der Waals surface area contributed by atoms with Crippen molar-refractivity contribution < 1.29 is 8.95 Å². The van der Waals surface area contributed by atoms with Crippen molar-refractivity contribution in [2.75, 3.05) is 18.9 Å². The standard InChI is InChI=1S/C17H27NO2S/c1-5-18-16(15-9-12(2)8-13(3)10-15)11-21(19)17-6-7-20-14(17)4/h8-10,14,16-18H,5-7,11H2,1-4H3. The van der Waals surface area contributed by atoms with Crippen LogP contribution < -0.4 is 5.32 Å². The van der Waals surface area contributed by atoms with Crippen molar-refractivity contribution in [3.63, 3.8) is 0 Å². The van der Waals surface area contributed by atoms with Crippen molar-refractivity contribution in [2.45, 2.75) is 51.5 Å². The highest BCUT2D eigenvalue weighted by Crippen LogP contribution is 2.24. The van der Waals surface area contributed by atoms with Gasteiger partial charge in [-0.1, -0.05) is 36.2 Å². The summed E-state index contributed by atoms with van der Waals surface area (Å²) >= 11 is 0. The van der Waals surface area contributed by atoms with E-state index in [0.29, 0.717) is 5.75 Å². The van der Waals surface area contributed by atoms with E-state index in [-0.39, 0.29) is 17.4 Å². The van der Waals surface area contributed by atoms with Gasteiger partial charge in [0.15, 0.2) is 0 Å². The first-order valence-electron chi connectivity index (χ1n) is 7.81. The van der Waals surface area contributed by atoms with E-state index >= 15 is 0 Å². The minimum absolute atomic E-state index is 0.118. The van der Waals surface area contributed by atoms with Crippen molar-refractivity contribution in [2.24, 2.45) is 0 Å². The van der Waals surface area contributed by atoms with Gasteiger partial charge in [-0.3, -0.25) is 4.21 Å². The molecule has 1 aliphatic heterocycles. The molecular formula is C17H27NO2S. The van der Waals surface area contributed by atoms with Gasteiger partial charge in [0.05, 0.1) is 11.4 Å². The molecule has 1 fully saturated rings. The minimum atomic E-state index is -0.858. The van der Waals surface area contributed by atoms with Crippen LogP contribution >= 0.6 is 0 Å². The van der Waals surface area contributed by atoms with Crippen LogP contribution in [0.2, 0.25) is 0 Å². The zero-order chi connectivity index (χ0) is 15.4. The summed E-state index contributed by atoms with van der Waals surface area (Å²) < 4.78 is 18.2. The largest absolute Gasteiger partial charge is 0.377 e. The molecule has 0 spiro atoms. The van der Waals surface area contributed by atoms with Gasteiger partial charge < -0.3 is 10.1 Å². The van der Waals surface area contributed by atoms with Gasteiger partial charge in [0.1, 0.15) is 0 Å². The number of ether oxygens (including phenoxy) is 1. The summed E-state index contributed by atoms with van der Waals surface area (Å²) in [5.41, 5.74) is 3.77. The quantitative estimate of drug-likeness (QED) is 0.878. The van der Waals surface area contributed by atoms with Crippen LogP contribution in [-0.2, 0) is 15.5 Å². The number of hydrogen-bond donors (Lipinski definition) is 1. The molecule has 1 aromatic rings. The molecule has 0 saturated carbocycles. The fourth-order valence-electron chi connectivity index (χ4n) is 3.08. The van der Waals surface area contributed by atoms with E-state index in [1.807, 2.05) is 6.92 Å². The van der Waals surface area contributed by atoms with Crippen LogP contribution in [0.25, 0.3) is 0 Å². The van der Waals surface area contributed by atoms with Crippen molar-refractivity contribution in [3.8, 4) is 0 Å². The molecule has 0 amide bonds. The van der Waals surface area contributed by atoms with E-state index in [1.165, 1.54) is 16.7 Å². The Bertz CT molecular complexity index is 483. The molecule has 0 radical (unpaired) electrons. The van der Waals surface area contributed by atoms with Crippen LogP contribution in [0.15, 0.2) is 18.2 Å². The summed E-state index contributed by atoms with van der Waals surface area (Å²) in [6, 6.07) is 6.73. The molecule has 1 N–H and O–H groups in total. The van der Waals surface area contributed by atoms with E-state index in [4.69, 9.17) is 4.74 Å². The number of nitrogens with one attached hydrogen (secondary N) is 1. The molecule has 0 aromatic heterocycles. The second kappa shape index (κ2) is 7.52. The SMILES string of the molecule is CCNC(CS(=O)C1CCOC1C)c1cc(C)cc(C)c1. The van der Waals surface area contributed by atoms with E-state index in [1.54, 1.807) is 0 Å². The first-order valence-corrected chi connectivity index (χ1v) is 9.19. The lowest BCUT2D eigenvalue weighted by Gasteiger charge is -2.22. The molecule has 4 heteroatoms. The number of aryl methyl sites for hydroxylation is 2. The van der Waals surface area contributed by atoms with Gasteiger partial charge in [-0.25, -0.2) is 0 Å². The normalized spacial score (nSPS) is 25.0. The summed E-state index contributed by atoms with van der Waals surface area (Å²) in [4.78, 5) is 0. The fraction of sp³-hybridized carbons (Fsp3) is 0.647. The third kappa shape index (κ3) is 4.38. The monoisotopic (exact) mass is 309 g/mol. The average Bonchev–Trinajstić information content (AvgIpc) is 2.83. The molecule has 118 valence electrons. The maximum absolute atomic E-state index is 12.7. The molecule has 1 aromatic carbocycles. The summed E-state index contributed by atoms with van der Waals surface area (Å²) in [6.07, 6.45) is 1.03. The van der Waals surface area contributed by atoms with Crippen molar-refractivity contribution >= 4 is 10.8 Å². The summed E-state index contributed by atoms with van der Waals surface area (Å²) in [5, 5.41) is 3.67. The molecule has 0 bridgehead atoms. The molecule has 1 aliphatic rings. The van der Waals surface area contributed by atoms with Crippen molar-refractivity contribution in [1.82, 2.24) is 5.32 Å². The molecule has 4 unspecified atom stereocenters. The highest BCUT2D eigenvalue weighted by molar-refractivity contribution is 7.85. The topological polar surface area (TPSA) is 38.3 Å². The zero-order valence-electron chi connectivity index (χ0n) is 13.5. The Hall–Kier alpha value is -0.710. The summed E-state index contributed by atoms with van der Waals surface area (Å²) in [5.74, 6) is 0.662. The van der Waals surface area contributed by atoms with Gasteiger partial charge in [-0.05, 0) is 39.3 Å². The average molecular weight is 309 g/mol. The highest BCUT2D eigenvalue weighted by Gasteiger charge is 2.31. The number of rotatable bonds is 6. The summed E-state index contributed by atoms with van der Waals surface area (Å²) in [7, 11) is -0.858. The highest BCUT2D eigenvalue weighted by atomic mass is 32.2. The molecule has 1 heterocycles. The molecule has 1 saturated heterocycles.